The number of nitrogens with one attached hydrogen (secondary N) is 3. The Morgan fingerprint density at radius 2 is 1.88 bits per heavy atom. The number of hydrogen-bond acceptors (Lipinski definition) is 6. The third kappa shape index (κ3) is 5.52. The monoisotopic (exact) mass is 472 g/mol. The zero-order chi connectivity index (χ0) is 23.4. The lowest BCUT2D eigenvalue weighted by molar-refractivity contribution is -0.121. The summed E-state index contributed by atoms with van der Waals surface area (Å²) in [7, 11) is 0. The number of carbonyl (C=O) groups is 3. The molecule has 1 unspecified atom stereocenters. The highest BCUT2D eigenvalue weighted by Crippen LogP contribution is 2.24. The highest BCUT2D eigenvalue weighted by atomic mass is 32.2. The maximum Gasteiger partial charge on any atom is 0.321 e. The highest BCUT2D eigenvalue weighted by Gasteiger charge is 2.27. The van der Waals surface area contributed by atoms with Gasteiger partial charge in [0.1, 0.15) is 17.5 Å². The third-order valence-electron chi connectivity index (χ3n) is 4.71. The summed E-state index contributed by atoms with van der Waals surface area (Å²) in [4.78, 5) is 35.6. The Bertz CT molecular complexity index is 1180. The lowest BCUT2D eigenvalue weighted by Gasteiger charge is -2.23. The van der Waals surface area contributed by atoms with Gasteiger partial charge in [0.05, 0.1) is 11.4 Å². The number of aromatic nitrogens is 3. The fourth-order valence-corrected chi connectivity index (χ4v) is 4.04. The molecule has 33 heavy (non-hydrogen) atoms. The van der Waals surface area contributed by atoms with Gasteiger partial charge in [-0.25, -0.2) is 13.6 Å². The number of benzene rings is 2. The Labute approximate surface area is 191 Å². The molecule has 1 aromatic heterocycles. The summed E-state index contributed by atoms with van der Waals surface area (Å²) in [5.41, 5.74) is 0.607. The van der Waals surface area contributed by atoms with Crippen LogP contribution in [0.5, 0.6) is 0 Å². The van der Waals surface area contributed by atoms with Crippen molar-refractivity contribution in [3.05, 3.63) is 66.0 Å². The first-order valence-corrected chi connectivity index (χ1v) is 10.9. The second-order valence-corrected chi connectivity index (χ2v) is 8.10. The summed E-state index contributed by atoms with van der Waals surface area (Å²) >= 11 is 1.06. The number of imide groups is 1. The van der Waals surface area contributed by atoms with E-state index in [1.165, 1.54) is 42.5 Å². The van der Waals surface area contributed by atoms with E-state index in [-0.39, 0.29) is 24.3 Å². The van der Waals surface area contributed by atoms with Crippen LogP contribution in [0, 0.1) is 11.6 Å². The fraction of sp³-hybridized carbons (Fsp3) is 0.190. The minimum Gasteiger partial charge on any atom is -0.334 e. The number of para-hydroxylation sites is 1. The van der Waals surface area contributed by atoms with E-state index < -0.39 is 35.5 Å². The van der Waals surface area contributed by atoms with Crippen LogP contribution in [0.3, 0.4) is 0 Å². The number of anilines is 1. The molecule has 2 heterocycles. The van der Waals surface area contributed by atoms with Crippen molar-refractivity contribution in [2.45, 2.75) is 24.0 Å². The van der Waals surface area contributed by atoms with Crippen LogP contribution in [-0.4, -0.2) is 44.4 Å². The van der Waals surface area contributed by atoms with Crippen LogP contribution < -0.4 is 16.0 Å². The highest BCUT2D eigenvalue weighted by molar-refractivity contribution is 7.99. The average molecular weight is 472 g/mol. The second kappa shape index (κ2) is 9.77. The fourth-order valence-electron chi connectivity index (χ4n) is 3.27. The summed E-state index contributed by atoms with van der Waals surface area (Å²) in [5, 5.41) is 15.9. The predicted molar refractivity (Wildman–Crippen MR) is 116 cm³/mol. The lowest BCUT2D eigenvalue weighted by atomic mass is 10.1. The van der Waals surface area contributed by atoms with Gasteiger partial charge in [0.15, 0.2) is 5.16 Å². The van der Waals surface area contributed by atoms with E-state index in [0.29, 0.717) is 16.7 Å². The van der Waals surface area contributed by atoms with E-state index >= 15 is 0 Å². The number of thioether (sulfide) groups is 1. The molecular weight excluding hydrogens is 454 g/mol. The van der Waals surface area contributed by atoms with Gasteiger partial charge >= 0.3 is 6.03 Å². The Balaban J connectivity index is 1.54. The Kier molecular flexibility index (Phi) is 6.63. The predicted octanol–water partition coefficient (Wildman–Crippen LogP) is 2.42. The molecule has 4 amide bonds. The molecule has 1 fully saturated rings. The van der Waals surface area contributed by atoms with Gasteiger partial charge < -0.3 is 10.6 Å². The molecule has 1 atom stereocenters. The number of hydrogen-bond donors (Lipinski definition) is 3. The van der Waals surface area contributed by atoms with Gasteiger partial charge in [0.25, 0.3) is 0 Å². The van der Waals surface area contributed by atoms with Gasteiger partial charge in [-0.15, -0.1) is 10.2 Å². The first-order valence-electron chi connectivity index (χ1n) is 9.87. The standard InChI is InChI=1S/C21H18F2N6O3S/c22-12-5-7-14(8-6-12)29-17(9-13-10-18(30)26-20(32)24-13)27-28-21(29)33-11-19(31)25-16-4-2-1-3-15(16)23/h1-8,13H,9-11H2,(H,25,31)(H2,24,26,30,32). The molecule has 0 radical (unpaired) electrons. The molecule has 9 nitrogen and oxygen atoms in total. The minimum atomic E-state index is -0.594. The molecule has 3 aromatic rings. The molecule has 0 bridgehead atoms. The maximum absolute atomic E-state index is 13.8. The van der Waals surface area contributed by atoms with Crippen LogP contribution >= 0.6 is 11.8 Å². The van der Waals surface area contributed by atoms with Gasteiger partial charge in [-0.05, 0) is 36.4 Å². The molecule has 1 aliphatic heterocycles. The van der Waals surface area contributed by atoms with Gasteiger partial charge in [-0.2, -0.15) is 0 Å². The van der Waals surface area contributed by atoms with Crippen LogP contribution in [-0.2, 0) is 16.0 Å². The van der Waals surface area contributed by atoms with Gasteiger partial charge in [-0.3, -0.25) is 19.5 Å². The topological polar surface area (TPSA) is 118 Å². The molecular formula is C21H18F2N6O3S. The van der Waals surface area contributed by atoms with Crippen LogP contribution in [0.2, 0.25) is 0 Å². The number of urea groups is 1. The number of halogens is 2. The summed E-state index contributed by atoms with van der Waals surface area (Å²) in [6.07, 6.45) is 0.251. The largest absolute Gasteiger partial charge is 0.334 e. The Hall–Kier alpha value is -3.80. The van der Waals surface area contributed by atoms with Gasteiger partial charge in [-0.1, -0.05) is 23.9 Å². The molecule has 0 saturated carbocycles. The third-order valence-corrected chi connectivity index (χ3v) is 5.64. The van der Waals surface area contributed by atoms with Crippen molar-refractivity contribution >= 4 is 35.3 Å². The van der Waals surface area contributed by atoms with Crippen LogP contribution in [0.1, 0.15) is 12.2 Å². The van der Waals surface area contributed by atoms with Gasteiger partial charge in [0, 0.05) is 24.6 Å². The van der Waals surface area contributed by atoms with E-state index in [4.69, 9.17) is 0 Å². The summed E-state index contributed by atoms with van der Waals surface area (Å²) in [5.74, 6) is -1.50. The van der Waals surface area contributed by atoms with Crippen LogP contribution in [0.25, 0.3) is 5.69 Å². The van der Waals surface area contributed by atoms with E-state index in [2.05, 4.69) is 26.1 Å². The lowest BCUT2D eigenvalue weighted by Crippen LogP contribution is -2.53. The van der Waals surface area contributed by atoms with Crippen molar-refractivity contribution in [2.24, 2.45) is 0 Å². The molecule has 12 heteroatoms. The zero-order valence-corrected chi connectivity index (χ0v) is 17.9. The van der Waals surface area contributed by atoms with E-state index in [1.807, 2.05) is 0 Å². The van der Waals surface area contributed by atoms with E-state index in [0.717, 1.165) is 11.8 Å². The van der Waals surface area contributed by atoms with E-state index in [9.17, 15) is 23.2 Å². The van der Waals surface area contributed by atoms with Crippen LogP contribution in [0.4, 0.5) is 19.3 Å². The molecule has 0 spiro atoms. The van der Waals surface area contributed by atoms with Crippen molar-refractivity contribution in [3.63, 3.8) is 0 Å². The average Bonchev–Trinajstić information content (AvgIpc) is 3.16. The van der Waals surface area contributed by atoms with Crippen molar-refractivity contribution in [1.82, 2.24) is 25.4 Å². The molecule has 1 aliphatic rings. The minimum absolute atomic E-state index is 0.0649. The van der Waals surface area contributed by atoms with Gasteiger partial charge in [0.2, 0.25) is 11.8 Å². The van der Waals surface area contributed by atoms with Crippen molar-refractivity contribution in [2.75, 3.05) is 11.1 Å². The summed E-state index contributed by atoms with van der Waals surface area (Å²) in [6.45, 7) is 0. The normalized spacial score (nSPS) is 15.6. The zero-order valence-electron chi connectivity index (χ0n) is 17.0. The smallest absolute Gasteiger partial charge is 0.321 e. The summed E-state index contributed by atoms with van der Waals surface area (Å²) < 4.78 is 28.9. The van der Waals surface area contributed by atoms with Crippen molar-refractivity contribution in [1.29, 1.82) is 0 Å². The maximum atomic E-state index is 13.8. The first-order chi connectivity index (χ1) is 15.9. The number of rotatable bonds is 7. The quantitative estimate of drug-likeness (QED) is 0.455. The van der Waals surface area contributed by atoms with Crippen molar-refractivity contribution < 1.29 is 23.2 Å². The SMILES string of the molecule is O=C1CC(Cc2nnc(SCC(=O)Nc3ccccc3F)n2-c2ccc(F)cc2)NC(=O)N1. The van der Waals surface area contributed by atoms with Crippen LogP contribution in [0.15, 0.2) is 53.7 Å². The second-order valence-electron chi connectivity index (χ2n) is 7.15. The molecule has 1 saturated heterocycles. The Morgan fingerprint density at radius 1 is 1.12 bits per heavy atom. The summed E-state index contributed by atoms with van der Waals surface area (Å²) in [6, 6.07) is 10.3. The molecule has 2 aromatic carbocycles. The van der Waals surface area contributed by atoms with E-state index in [1.54, 1.807) is 10.6 Å². The molecule has 3 N–H and O–H groups in total. The molecule has 0 aliphatic carbocycles. The molecule has 170 valence electrons. The number of carbonyl (C=O) groups excluding carboxylic acids is 3. The first kappa shape index (κ1) is 22.4. The number of amides is 4. The molecule has 4 rings (SSSR count). The van der Waals surface area contributed by atoms with Crippen molar-refractivity contribution in [3.8, 4) is 5.69 Å². The number of nitrogens with zero attached hydrogens (tertiary/aromatic N) is 3. The Morgan fingerprint density at radius 3 is 2.61 bits per heavy atom.